The maximum Gasteiger partial charge on any atom is 0.270 e. The van der Waals surface area contributed by atoms with E-state index in [0.717, 1.165) is 42.6 Å². The summed E-state index contributed by atoms with van der Waals surface area (Å²) in [7, 11) is 0. The molecule has 0 saturated carbocycles. The molecule has 4 rings (SSSR count). The predicted molar refractivity (Wildman–Crippen MR) is 121 cm³/mol. The summed E-state index contributed by atoms with van der Waals surface area (Å²) in [6, 6.07) is 18.2. The summed E-state index contributed by atoms with van der Waals surface area (Å²) in [6.07, 6.45) is 0.917. The number of aromatic amines is 1. The molecule has 1 fully saturated rings. The highest BCUT2D eigenvalue weighted by Crippen LogP contribution is 2.27. The number of carbonyl (C=O) groups excluding carboxylic acids is 1. The minimum Gasteiger partial charge on any atom is -0.370 e. The van der Waals surface area contributed by atoms with E-state index in [1.165, 1.54) is 5.56 Å². The molecule has 0 spiro atoms. The van der Waals surface area contributed by atoms with Gasteiger partial charge in [0.1, 0.15) is 5.69 Å². The van der Waals surface area contributed by atoms with Gasteiger partial charge in [-0.1, -0.05) is 32.9 Å². The first-order valence-electron chi connectivity index (χ1n) is 10.5. The molecule has 2 aromatic carbocycles. The summed E-state index contributed by atoms with van der Waals surface area (Å²) in [5, 5.41) is 10.1. The summed E-state index contributed by atoms with van der Waals surface area (Å²) >= 11 is 0. The molecule has 3 aromatic rings. The van der Waals surface area contributed by atoms with Crippen molar-refractivity contribution < 1.29 is 4.79 Å². The van der Waals surface area contributed by atoms with E-state index < -0.39 is 0 Å². The SMILES string of the molecule is CC(C)(C)c1ccc2cc(C(=O)N3CCCN(c4ccc(C#N)cc4)CC3)[nH]c2c1. The molecule has 1 N–H and O–H groups in total. The number of benzene rings is 2. The van der Waals surface area contributed by atoms with E-state index in [1.807, 2.05) is 35.2 Å². The van der Waals surface area contributed by atoms with Gasteiger partial charge in [-0.3, -0.25) is 4.79 Å². The second kappa shape index (κ2) is 7.87. The molecule has 0 radical (unpaired) electrons. The molecular formula is C25H28N4O. The molecule has 0 unspecified atom stereocenters. The summed E-state index contributed by atoms with van der Waals surface area (Å²) in [6.45, 7) is 9.69. The maximum absolute atomic E-state index is 13.2. The van der Waals surface area contributed by atoms with Crippen LogP contribution in [0.15, 0.2) is 48.5 Å². The number of H-pyrrole nitrogens is 1. The van der Waals surface area contributed by atoms with Crippen LogP contribution in [0.4, 0.5) is 5.69 Å². The number of hydrogen-bond donors (Lipinski definition) is 1. The molecule has 1 aromatic heterocycles. The van der Waals surface area contributed by atoms with Crippen LogP contribution in [-0.4, -0.2) is 42.0 Å². The fourth-order valence-electron chi connectivity index (χ4n) is 4.00. The van der Waals surface area contributed by atoms with Gasteiger partial charge >= 0.3 is 0 Å². The standard InChI is InChI=1S/C25H28N4O/c1-25(2,3)20-8-7-19-15-23(27-22(19)16-20)24(30)29-12-4-11-28(13-14-29)21-9-5-18(17-26)6-10-21/h5-10,15-16,27H,4,11-14H2,1-3H3. The lowest BCUT2D eigenvalue weighted by Gasteiger charge is -2.23. The topological polar surface area (TPSA) is 63.1 Å². The Labute approximate surface area is 177 Å². The van der Waals surface area contributed by atoms with Crippen molar-refractivity contribution in [2.24, 2.45) is 0 Å². The van der Waals surface area contributed by atoms with E-state index in [1.54, 1.807) is 0 Å². The highest BCUT2D eigenvalue weighted by Gasteiger charge is 2.22. The predicted octanol–water partition coefficient (Wildman–Crippen LogP) is 4.69. The molecule has 0 aliphatic carbocycles. The van der Waals surface area contributed by atoms with E-state index in [2.05, 4.69) is 54.9 Å². The number of fused-ring (bicyclic) bond motifs is 1. The number of nitriles is 1. The molecule has 2 heterocycles. The van der Waals surface area contributed by atoms with Crippen molar-refractivity contribution in [3.63, 3.8) is 0 Å². The summed E-state index contributed by atoms with van der Waals surface area (Å²) in [5.41, 5.74) is 4.76. The normalized spacial score (nSPS) is 15.1. The molecule has 1 aliphatic heterocycles. The van der Waals surface area contributed by atoms with Crippen LogP contribution >= 0.6 is 0 Å². The molecule has 1 saturated heterocycles. The third kappa shape index (κ3) is 4.04. The van der Waals surface area contributed by atoms with Gasteiger partial charge in [-0.05, 0) is 53.8 Å². The van der Waals surface area contributed by atoms with Gasteiger partial charge in [0.05, 0.1) is 11.6 Å². The van der Waals surface area contributed by atoms with E-state index in [9.17, 15) is 4.79 Å². The number of carbonyl (C=O) groups is 1. The number of aromatic nitrogens is 1. The zero-order chi connectivity index (χ0) is 21.3. The average Bonchev–Trinajstić information content (AvgIpc) is 3.01. The molecule has 0 bridgehead atoms. The molecule has 1 amide bonds. The second-order valence-corrected chi connectivity index (χ2v) is 9.03. The highest BCUT2D eigenvalue weighted by molar-refractivity contribution is 5.98. The lowest BCUT2D eigenvalue weighted by molar-refractivity contribution is 0.0762. The third-order valence-corrected chi connectivity index (χ3v) is 5.86. The van der Waals surface area contributed by atoms with Crippen LogP contribution in [-0.2, 0) is 5.41 Å². The first-order chi connectivity index (χ1) is 14.3. The van der Waals surface area contributed by atoms with E-state index in [-0.39, 0.29) is 11.3 Å². The fourth-order valence-corrected chi connectivity index (χ4v) is 4.00. The lowest BCUT2D eigenvalue weighted by Crippen LogP contribution is -2.35. The summed E-state index contributed by atoms with van der Waals surface area (Å²) in [5.74, 6) is 0.0604. The summed E-state index contributed by atoms with van der Waals surface area (Å²) < 4.78 is 0. The number of hydrogen-bond acceptors (Lipinski definition) is 3. The van der Waals surface area contributed by atoms with E-state index >= 15 is 0 Å². The first kappa shape index (κ1) is 20.0. The molecule has 5 nitrogen and oxygen atoms in total. The quantitative estimate of drug-likeness (QED) is 0.679. The third-order valence-electron chi connectivity index (χ3n) is 5.86. The highest BCUT2D eigenvalue weighted by atomic mass is 16.2. The van der Waals surface area contributed by atoms with Gasteiger partial charge in [0, 0.05) is 42.8 Å². The minimum atomic E-state index is 0.0604. The zero-order valence-corrected chi connectivity index (χ0v) is 17.9. The molecule has 5 heteroatoms. The van der Waals surface area contributed by atoms with Crippen molar-refractivity contribution in [2.45, 2.75) is 32.6 Å². The minimum absolute atomic E-state index is 0.0604. The van der Waals surface area contributed by atoms with Crippen LogP contribution in [0.25, 0.3) is 10.9 Å². The molecule has 30 heavy (non-hydrogen) atoms. The Balaban J connectivity index is 1.49. The van der Waals surface area contributed by atoms with Crippen LogP contribution in [0, 0.1) is 11.3 Å². The van der Waals surface area contributed by atoms with Crippen molar-refractivity contribution in [1.29, 1.82) is 5.26 Å². The number of amides is 1. The van der Waals surface area contributed by atoms with E-state index in [4.69, 9.17) is 5.26 Å². The smallest absolute Gasteiger partial charge is 0.270 e. The Kier molecular flexibility index (Phi) is 5.26. The maximum atomic E-state index is 13.2. The molecular weight excluding hydrogens is 372 g/mol. The zero-order valence-electron chi connectivity index (χ0n) is 17.9. The Bertz CT molecular complexity index is 1100. The monoisotopic (exact) mass is 400 g/mol. The van der Waals surface area contributed by atoms with Crippen molar-refractivity contribution in [3.05, 3.63) is 65.4 Å². The lowest BCUT2D eigenvalue weighted by atomic mass is 9.87. The molecule has 0 atom stereocenters. The Morgan fingerprint density at radius 3 is 2.47 bits per heavy atom. The van der Waals surface area contributed by atoms with Gasteiger partial charge in [-0.2, -0.15) is 5.26 Å². The Morgan fingerprint density at radius 1 is 1.00 bits per heavy atom. The van der Waals surface area contributed by atoms with Crippen molar-refractivity contribution in [1.82, 2.24) is 9.88 Å². The largest absolute Gasteiger partial charge is 0.370 e. The number of anilines is 1. The van der Waals surface area contributed by atoms with Gasteiger partial charge < -0.3 is 14.8 Å². The van der Waals surface area contributed by atoms with Gasteiger partial charge in [-0.25, -0.2) is 0 Å². The van der Waals surface area contributed by atoms with Crippen LogP contribution in [0.3, 0.4) is 0 Å². The fraction of sp³-hybridized carbons (Fsp3) is 0.360. The van der Waals surface area contributed by atoms with Crippen molar-refractivity contribution in [3.8, 4) is 6.07 Å². The Hall–Kier alpha value is -3.26. The number of nitrogens with one attached hydrogen (secondary N) is 1. The Morgan fingerprint density at radius 2 is 1.77 bits per heavy atom. The number of nitrogens with zero attached hydrogens (tertiary/aromatic N) is 3. The average molecular weight is 401 g/mol. The van der Waals surface area contributed by atoms with E-state index in [0.29, 0.717) is 17.8 Å². The van der Waals surface area contributed by atoms with Crippen LogP contribution in [0.5, 0.6) is 0 Å². The molecule has 154 valence electrons. The van der Waals surface area contributed by atoms with Crippen molar-refractivity contribution in [2.75, 3.05) is 31.1 Å². The van der Waals surface area contributed by atoms with Crippen LogP contribution in [0.1, 0.15) is 48.8 Å². The van der Waals surface area contributed by atoms with Crippen LogP contribution < -0.4 is 4.90 Å². The first-order valence-corrected chi connectivity index (χ1v) is 10.5. The van der Waals surface area contributed by atoms with Crippen LogP contribution in [0.2, 0.25) is 0 Å². The number of rotatable bonds is 2. The second-order valence-electron chi connectivity index (χ2n) is 9.03. The van der Waals surface area contributed by atoms with Gasteiger partial charge in [-0.15, -0.1) is 0 Å². The summed E-state index contributed by atoms with van der Waals surface area (Å²) in [4.78, 5) is 20.7. The molecule has 1 aliphatic rings. The van der Waals surface area contributed by atoms with Gasteiger partial charge in [0.25, 0.3) is 5.91 Å². The van der Waals surface area contributed by atoms with Crippen molar-refractivity contribution >= 4 is 22.5 Å². The van der Waals surface area contributed by atoms with Gasteiger partial charge in [0.2, 0.25) is 0 Å². The van der Waals surface area contributed by atoms with Gasteiger partial charge in [0.15, 0.2) is 0 Å².